The highest BCUT2D eigenvalue weighted by Crippen LogP contribution is 2.49. The highest BCUT2D eigenvalue weighted by molar-refractivity contribution is 7.57. The van der Waals surface area contributed by atoms with E-state index in [0.717, 1.165) is 0 Å². The molecule has 0 atom stereocenters. The summed E-state index contributed by atoms with van der Waals surface area (Å²) in [4.78, 5) is 23.2. The zero-order valence-corrected chi connectivity index (χ0v) is 15.8. The van der Waals surface area contributed by atoms with E-state index < -0.39 is 44.0 Å². The monoisotopic (exact) mass is 350 g/mol. The van der Waals surface area contributed by atoms with Crippen molar-refractivity contribution in [2.45, 2.75) is 48.5 Å². The van der Waals surface area contributed by atoms with Crippen LogP contribution in [0.5, 0.6) is 0 Å². The van der Waals surface area contributed by atoms with Gasteiger partial charge in [-0.3, -0.25) is 23.2 Å². The average Bonchev–Trinajstić information content (AvgIpc) is 2.36. The molecule has 0 fully saturated rings. The van der Waals surface area contributed by atoms with Crippen molar-refractivity contribution in [3.63, 3.8) is 0 Å². The van der Waals surface area contributed by atoms with Crippen LogP contribution in [-0.2, 0) is 32.7 Å². The molecule has 0 amide bonds. The molecule has 0 aromatic heterocycles. The zero-order valence-electron chi connectivity index (χ0n) is 14.9. The molecule has 0 rings (SSSR count). The Bertz CT molecular complexity index is 447. The van der Waals surface area contributed by atoms with Gasteiger partial charge in [0, 0.05) is 5.82 Å². The Labute approximate surface area is 137 Å². The lowest BCUT2D eigenvalue weighted by atomic mass is 9.98. The van der Waals surface area contributed by atoms with E-state index >= 15 is 0 Å². The number of hydrogen-bond donors (Lipinski definition) is 0. The molecular formula is C15H27O7P. The summed E-state index contributed by atoms with van der Waals surface area (Å²) in [5.41, 5.74) is -1.39. The molecule has 0 bridgehead atoms. The first kappa shape index (κ1) is 21.8. The fraction of sp³-hybridized carbons (Fsp3) is 0.733. The molecule has 0 radical (unpaired) electrons. The average molecular weight is 350 g/mol. The third-order valence-corrected chi connectivity index (χ3v) is 4.00. The van der Waals surface area contributed by atoms with Gasteiger partial charge in [-0.15, -0.1) is 0 Å². The standard InChI is InChI=1S/C15H27O7P/c1-8-9-23(18,21-10-19-12(16)14(2,3)4)22-11-20-13(17)15(5,6)7/h8-9H,10-11H2,1-7H3/b9-8+. The van der Waals surface area contributed by atoms with Gasteiger partial charge in [0.05, 0.1) is 10.8 Å². The summed E-state index contributed by atoms with van der Waals surface area (Å²) >= 11 is 0. The van der Waals surface area contributed by atoms with E-state index in [9.17, 15) is 14.2 Å². The smallest absolute Gasteiger partial charge is 0.359 e. The Morgan fingerprint density at radius 3 is 1.48 bits per heavy atom. The molecule has 0 unspecified atom stereocenters. The van der Waals surface area contributed by atoms with Crippen LogP contribution in [0.4, 0.5) is 0 Å². The van der Waals surface area contributed by atoms with Crippen LogP contribution < -0.4 is 0 Å². The van der Waals surface area contributed by atoms with Crippen molar-refractivity contribution in [1.82, 2.24) is 0 Å². The first-order chi connectivity index (χ1) is 10.3. The molecule has 0 spiro atoms. The van der Waals surface area contributed by atoms with Crippen LogP contribution in [0.15, 0.2) is 11.9 Å². The van der Waals surface area contributed by atoms with Gasteiger partial charge in [0.25, 0.3) is 0 Å². The van der Waals surface area contributed by atoms with E-state index in [2.05, 4.69) is 0 Å². The van der Waals surface area contributed by atoms with Crippen molar-refractivity contribution < 1.29 is 32.7 Å². The van der Waals surface area contributed by atoms with Crippen molar-refractivity contribution in [1.29, 1.82) is 0 Å². The van der Waals surface area contributed by atoms with Gasteiger partial charge in [-0.05, 0) is 48.5 Å². The van der Waals surface area contributed by atoms with Crippen molar-refractivity contribution in [2.24, 2.45) is 10.8 Å². The summed E-state index contributed by atoms with van der Waals surface area (Å²) < 4.78 is 32.1. The number of hydrogen-bond acceptors (Lipinski definition) is 7. The van der Waals surface area contributed by atoms with Gasteiger partial charge in [0.15, 0.2) is 0 Å². The lowest BCUT2D eigenvalue weighted by Gasteiger charge is -2.20. The zero-order chi connectivity index (χ0) is 18.3. The summed E-state index contributed by atoms with van der Waals surface area (Å²) in [5, 5.41) is 0. The number of esters is 2. The van der Waals surface area contributed by atoms with Gasteiger partial charge < -0.3 is 9.47 Å². The van der Waals surface area contributed by atoms with Crippen LogP contribution in [0.1, 0.15) is 48.5 Å². The third-order valence-electron chi connectivity index (χ3n) is 2.40. The molecule has 0 aliphatic heterocycles. The fourth-order valence-corrected chi connectivity index (χ4v) is 2.06. The van der Waals surface area contributed by atoms with Gasteiger partial charge in [-0.2, -0.15) is 0 Å². The Kier molecular flexibility index (Phi) is 8.18. The van der Waals surface area contributed by atoms with Crippen LogP contribution in [-0.4, -0.2) is 25.5 Å². The molecule has 7 nitrogen and oxygen atoms in total. The molecule has 23 heavy (non-hydrogen) atoms. The molecule has 0 aliphatic rings. The topological polar surface area (TPSA) is 88.1 Å². The van der Waals surface area contributed by atoms with Crippen molar-refractivity contribution >= 4 is 19.5 Å². The SMILES string of the molecule is C/C=C/P(=O)(OCOC(=O)C(C)(C)C)OCOC(=O)C(C)(C)C. The van der Waals surface area contributed by atoms with Crippen LogP contribution in [0.3, 0.4) is 0 Å². The van der Waals surface area contributed by atoms with Crippen molar-refractivity contribution in [3.8, 4) is 0 Å². The summed E-state index contributed by atoms with van der Waals surface area (Å²) in [5.74, 6) is 0.204. The fourth-order valence-electron chi connectivity index (χ4n) is 1.05. The quantitative estimate of drug-likeness (QED) is 0.391. The minimum atomic E-state index is -3.67. The highest BCUT2D eigenvalue weighted by atomic mass is 31.2. The Morgan fingerprint density at radius 1 is 0.870 bits per heavy atom. The normalized spacial score (nSPS) is 13.2. The molecule has 0 N–H and O–H groups in total. The van der Waals surface area contributed by atoms with Crippen LogP contribution in [0.2, 0.25) is 0 Å². The number of rotatable bonds is 7. The van der Waals surface area contributed by atoms with Crippen LogP contribution in [0.25, 0.3) is 0 Å². The molecule has 0 aromatic carbocycles. The minimum absolute atomic E-state index is 0.497. The van der Waals surface area contributed by atoms with Crippen molar-refractivity contribution in [2.75, 3.05) is 13.6 Å². The minimum Gasteiger partial charge on any atom is -0.438 e. The van der Waals surface area contributed by atoms with Crippen molar-refractivity contribution in [3.05, 3.63) is 11.9 Å². The van der Waals surface area contributed by atoms with E-state index in [1.807, 2.05) is 0 Å². The summed E-state index contributed by atoms with van der Waals surface area (Å²) in [6, 6.07) is 0. The number of carbonyl (C=O) groups is 2. The Morgan fingerprint density at radius 2 is 1.22 bits per heavy atom. The summed E-state index contributed by atoms with van der Waals surface area (Å²) in [7, 11) is -3.67. The van der Waals surface area contributed by atoms with E-state index in [0.29, 0.717) is 0 Å². The van der Waals surface area contributed by atoms with Gasteiger partial charge >= 0.3 is 19.5 Å². The number of carbonyl (C=O) groups excluding carboxylic acids is 2. The molecule has 134 valence electrons. The maximum atomic E-state index is 12.4. The Hall–Kier alpha value is -1.17. The molecule has 0 aromatic rings. The molecule has 0 aliphatic carbocycles. The second kappa shape index (κ2) is 8.62. The molecule has 0 saturated heterocycles. The maximum absolute atomic E-state index is 12.4. The second-order valence-corrected chi connectivity index (χ2v) is 8.77. The molecule has 0 saturated carbocycles. The van der Waals surface area contributed by atoms with Gasteiger partial charge in [0.1, 0.15) is 0 Å². The largest absolute Gasteiger partial charge is 0.438 e. The lowest BCUT2D eigenvalue weighted by Crippen LogP contribution is -2.24. The molecule has 0 heterocycles. The lowest BCUT2D eigenvalue weighted by molar-refractivity contribution is -0.161. The predicted octanol–water partition coefficient (Wildman–Crippen LogP) is 3.84. The van der Waals surface area contributed by atoms with E-state index in [1.54, 1.807) is 48.5 Å². The first-order valence-electron chi connectivity index (χ1n) is 7.19. The van der Waals surface area contributed by atoms with E-state index in [-0.39, 0.29) is 0 Å². The summed E-state index contributed by atoms with van der Waals surface area (Å²) in [6.07, 6.45) is 1.47. The Balaban J connectivity index is 4.50. The second-order valence-electron chi connectivity index (χ2n) is 6.88. The third kappa shape index (κ3) is 8.89. The highest BCUT2D eigenvalue weighted by Gasteiger charge is 2.28. The van der Waals surface area contributed by atoms with E-state index in [1.165, 1.54) is 11.9 Å². The number of ether oxygens (including phenoxy) is 2. The molecule has 8 heteroatoms. The number of allylic oxidation sites excluding steroid dienone is 1. The van der Waals surface area contributed by atoms with E-state index in [4.69, 9.17) is 18.5 Å². The maximum Gasteiger partial charge on any atom is 0.359 e. The van der Waals surface area contributed by atoms with Gasteiger partial charge in [-0.1, -0.05) is 6.08 Å². The van der Waals surface area contributed by atoms with Gasteiger partial charge in [0.2, 0.25) is 13.6 Å². The van der Waals surface area contributed by atoms with Crippen LogP contribution in [0, 0.1) is 10.8 Å². The first-order valence-corrected chi connectivity index (χ1v) is 8.80. The van der Waals surface area contributed by atoms with Crippen LogP contribution >= 0.6 is 7.60 Å². The molecular weight excluding hydrogens is 323 g/mol. The summed E-state index contributed by atoms with van der Waals surface area (Å²) in [6.45, 7) is 10.7. The predicted molar refractivity (Wildman–Crippen MR) is 85.4 cm³/mol. The van der Waals surface area contributed by atoms with Gasteiger partial charge in [-0.25, -0.2) is 0 Å².